The lowest BCUT2D eigenvalue weighted by Gasteiger charge is -2.29. The summed E-state index contributed by atoms with van der Waals surface area (Å²) in [6.07, 6.45) is 0. The molecule has 0 spiro atoms. The maximum Gasteiger partial charge on any atom is 0.325 e. The monoisotopic (exact) mass is 452 g/mol. The number of aromatic nitrogens is 1. The lowest BCUT2D eigenvalue weighted by atomic mass is 10.2. The fraction of sp³-hybridized carbons (Fsp3) is 0.625. The van der Waals surface area contributed by atoms with Gasteiger partial charge in [0.15, 0.2) is 0 Å². The second kappa shape index (κ2) is 11.0. The van der Waals surface area contributed by atoms with Gasteiger partial charge < -0.3 is 9.80 Å². The number of halogens is 2. The molecule has 1 heterocycles. The van der Waals surface area contributed by atoms with Crippen LogP contribution < -0.4 is 4.90 Å². The SMILES string of the molecule is Br.Br.Cc1cc(C)nc(N(CCN(C)C(C)C)C(=O)N(C)C)c1. The third-order valence-corrected chi connectivity index (χ3v) is 3.53. The molecule has 2 amide bonds. The Balaban J connectivity index is 0. The molecule has 5 nitrogen and oxygen atoms in total. The van der Waals surface area contributed by atoms with Gasteiger partial charge in [0, 0.05) is 38.9 Å². The Morgan fingerprint density at radius 3 is 2.09 bits per heavy atom. The highest BCUT2D eigenvalue weighted by Crippen LogP contribution is 2.16. The summed E-state index contributed by atoms with van der Waals surface area (Å²) in [6, 6.07) is 4.39. The molecule has 0 aliphatic rings. The van der Waals surface area contributed by atoms with E-state index in [2.05, 4.69) is 30.8 Å². The molecule has 0 saturated heterocycles. The lowest BCUT2D eigenvalue weighted by Crippen LogP contribution is -2.44. The van der Waals surface area contributed by atoms with Gasteiger partial charge in [-0.1, -0.05) is 0 Å². The van der Waals surface area contributed by atoms with E-state index in [0.717, 1.165) is 23.6 Å². The van der Waals surface area contributed by atoms with Gasteiger partial charge in [-0.05, 0) is 52.4 Å². The van der Waals surface area contributed by atoms with Crippen molar-refractivity contribution in [3.8, 4) is 0 Å². The summed E-state index contributed by atoms with van der Waals surface area (Å²) >= 11 is 0. The Kier molecular flexibility index (Phi) is 11.8. The molecule has 0 aliphatic carbocycles. The van der Waals surface area contributed by atoms with E-state index in [9.17, 15) is 4.79 Å². The number of carbonyl (C=O) groups excluding carboxylic acids is 1. The van der Waals surface area contributed by atoms with Gasteiger partial charge in [0.1, 0.15) is 5.82 Å². The number of aryl methyl sites for hydroxylation is 2. The maximum absolute atomic E-state index is 12.4. The van der Waals surface area contributed by atoms with Crippen LogP contribution in [0.15, 0.2) is 12.1 Å². The molecular weight excluding hydrogens is 424 g/mol. The summed E-state index contributed by atoms with van der Waals surface area (Å²) in [5.41, 5.74) is 2.05. The zero-order valence-electron chi connectivity index (χ0n) is 15.2. The van der Waals surface area contributed by atoms with Gasteiger partial charge in [0.2, 0.25) is 0 Å². The number of urea groups is 1. The first-order valence-electron chi connectivity index (χ1n) is 7.36. The first kappa shape index (κ1) is 24.6. The summed E-state index contributed by atoms with van der Waals surface area (Å²) < 4.78 is 0. The number of likely N-dealkylation sites (N-methyl/N-ethyl adjacent to an activating group) is 1. The smallest absolute Gasteiger partial charge is 0.325 e. The Morgan fingerprint density at radius 1 is 1.09 bits per heavy atom. The van der Waals surface area contributed by atoms with Crippen LogP contribution in [-0.2, 0) is 0 Å². The number of hydrogen-bond donors (Lipinski definition) is 0. The van der Waals surface area contributed by atoms with Crippen LogP contribution in [-0.4, -0.2) is 61.1 Å². The van der Waals surface area contributed by atoms with Crippen LogP contribution in [0.3, 0.4) is 0 Å². The number of nitrogens with zero attached hydrogens (tertiary/aromatic N) is 4. The summed E-state index contributed by atoms with van der Waals surface area (Å²) in [6.45, 7) is 9.71. The second-order valence-corrected chi connectivity index (χ2v) is 6.05. The Hall–Kier alpha value is -0.660. The molecule has 1 rings (SSSR count). The van der Waals surface area contributed by atoms with Crippen molar-refractivity contribution in [2.24, 2.45) is 0 Å². The van der Waals surface area contributed by atoms with Crippen molar-refractivity contribution in [2.45, 2.75) is 33.7 Å². The van der Waals surface area contributed by atoms with Crippen molar-refractivity contribution in [3.63, 3.8) is 0 Å². The number of anilines is 1. The molecule has 0 unspecified atom stereocenters. The van der Waals surface area contributed by atoms with Crippen LogP contribution in [0.5, 0.6) is 0 Å². The lowest BCUT2D eigenvalue weighted by molar-refractivity contribution is 0.220. The molecule has 0 aromatic carbocycles. The molecule has 0 radical (unpaired) electrons. The van der Waals surface area contributed by atoms with Gasteiger partial charge in [0.05, 0.1) is 0 Å². The van der Waals surface area contributed by atoms with Crippen molar-refractivity contribution in [1.82, 2.24) is 14.8 Å². The zero-order valence-corrected chi connectivity index (χ0v) is 18.6. The normalized spacial score (nSPS) is 10.1. The first-order valence-corrected chi connectivity index (χ1v) is 7.36. The highest BCUT2D eigenvalue weighted by molar-refractivity contribution is 8.93. The Bertz CT molecular complexity index is 475. The summed E-state index contributed by atoms with van der Waals surface area (Å²) in [7, 11) is 5.60. The van der Waals surface area contributed by atoms with Crippen molar-refractivity contribution in [1.29, 1.82) is 0 Å². The van der Waals surface area contributed by atoms with E-state index in [0.29, 0.717) is 12.6 Å². The molecule has 0 bridgehead atoms. The topological polar surface area (TPSA) is 39.7 Å². The predicted molar refractivity (Wildman–Crippen MR) is 109 cm³/mol. The molecule has 0 fully saturated rings. The molecule has 1 aromatic rings. The molecule has 0 saturated carbocycles. The van der Waals surface area contributed by atoms with Crippen LogP contribution in [0, 0.1) is 13.8 Å². The summed E-state index contributed by atoms with van der Waals surface area (Å²) in [5.74, 6) is 0.725. The standard InChI is InChI=1S/C16H28N4O.2BrH/c1-12(2)19(7)8-9-20(16(21)18(5)6)15-11-13(3)10-14(4)17-15;;/h10-12H,8-9H2,1-7H3;2*1H. The maximum atomic E-state index is 12.4. The largest absolute Gasteiger partial charge is 0.330 e. The molecular formula is C16H30Br2N4O. The minimum Gasteiger partial charge on any atom is -0.330 e. The highest BCUT2D eigenvalue weighted by Gasteiger charge is 2.20. The van der Waals surface area contributed by atoms with E-state index < -0.39 is 0 Å². The number of hydrogen-bond acceptors (Lipinski definition) is 3. The average Bonchev–Trinajstić information content (AvgIpc) is 2.36. The van der Waals surface area contributed by atoms with Crippen LogP contribution in [0.4, 0.5) is 10.6 Å². The molecule has 0 N–H and O–H groups in total. The van der Waals surface area contributed by atoms with Gasteiger partial charge in [-0.3, -0.25) is 4.90 Å². The molecule has 7 heteroatoms. The van der Waals surface area contributed by atoms with Gasteiger partial charge in [0.25, 0.3) is 0 Å². The fourth-order valence-corrected chi connectivity index (χ4v) is 2.02. The van der Waals surface area contributed by atoms with E-state index in [1.54, 1.807) is 23.9 Å². The third kappa shape index (κ3) is 7.63. The summed E-state index contributed by atoms with van der Waals surface area (Å²) in [5, 5.41) is 0. The first-order chi connectivity index (χ1) is 9.72. The molecule has 0 atom stereocenters. The van der Waals surface area contributed by atoms with E-state index in [4.69, 9.17) is 0 Å². The van der Waals surface area contributed by atoms with Crippen LogP contribution in [0.1, 0.15) is 25.1 Å². The van der Waals surface area contributed by atoms with Crippen molar-refractivity contribution < 1.29 is 4.79 Å². The third-order valence-electron chi connectivity index (χ3n) is 3.53. The Morgan fingerprint density at radius 2 is 1.65 bits per heavy atom. The van der Waals surface area contributed by atoms with E-state index in [-0.39, 0.29) is 40.0 Å². The van der Waals surface area contributed by atoms with Crippen LogP contribution in [0.25, 0.3) is 0 Å². The average molecular weight is 454 g/mol. The van der Waals surface area contributed by atoms with E-state index in [1.807, 2.05) is 26.0 Å². The van der Waals surface area contributed by atoms with Gasteiger partial charge in [-0.25, -0.2) is 9.78 Å². The quantitative estimate of drug-likeness (QED) is 0.682. The van der Waals surface area contributed by atoms with E-state index >= 15 is 0 Å². The zero-order chi connectivity index (χ0) is 16.2. The van der Waals surface area contributed by atoms with Gasteiger partial charge in [-0.15, -0.1) is 34.0 Å². The van der Waals surface area contributed by atoms with Crippen molar-refractivity contribution >= 4 is 45.8 Å². The van der Waals surface area contributed by atoms with Gasteiger partial charge in [-0.2, -0.15) is 0 Å². The number of pyridine rings is 1. The van der Waals surface area contributed by atoms with Crippen LogP contribution in [0.2, 0.25) is 0 Å². The number of carbonyl (C=O) groups is 1. The number of amides is 2. The van der Waals surface area contributed by atoms with E-state index in [1.165, 1.54) is 0 Å². The minimum atomic E-state index is -0.0374. The molecule has 1 aromatic heterocycles. The highest BCUT2D eigenvalue weighted by atomic mass is 79.9. The van der Waals surface area contributed by atoms with Crippen molar-refractivity contribution in [3.05, 3.63) is 23.4 Å². The molecule has 0 aliphatic heterocycles. The van der Waals surface area contributed by atoms with Crippen molar-refractivity contribution in [2.75, 3.05) is 39.1 Å². The van der Waals surface area contributed by atoms with Gasteiger partial charge >= 0.3 is 6.03 Å². The molecule has 134 valence electrons. The van der Waals surface area contributed by atoms with Crippen LogP contribution >= 0.6 is 34.0 Å². The molecule has 23 heavy (non-hydrogen) atoms. The predicted octanol–water partition coefficient (Wildman–Crippen LogP) is 3.68. The number of rotatable bonds is 5. The second-order valence-electron chi connectivity index (χ2n) is 6.05. The Labute approximate surface area is 161 Å². The fourth-order valence-electron chi connectivity index (χ4n) is 2.02. The summed E-state index contributed by atoms with van der Waals surface area (Å²) in [4.78, 5) is 22.5. The minimum absolute atomic E-state index is 0.